The summed E-state index contributed by atoms with van der Waals surface area (Å²) in [6.07, 6.45) is 3.51. The standard InChI is InChI=1S/C19H20N4O/c1-14(2)23(13-15-7-6-10-20-12-15)19(24)18-11-17(21-22-18)16-8-4-3-5-9-16/h3-12,14H,13H2,1-2H3,(H,21,22). The molecule has 1 N–H and O–H groups in total. The Balaban J connectivity index is 1.82. The first-order valence-electron chi connectivity index (χ1n) is 7.96. The second-order valence-corrected chi connectivity index (χ2v) is 5.92. The molecule has 0 spiro atoms. The second kappa shape index (κ2) is 7.08. The van der Waals surface area contributed by atoms with Gasteiger partial charge < -0.3 is 4.90 Å². The van der Waals surface area contributed by atoms with E-state index in [-0.39, 0.29) is 11.9 Å². The van der Waals surface area contributed by atoms with Gasteiger partial charge in [0.2, 0.25) is 0 Å². The molecule has 0 bridgehead atoms. The van der Waals surface area contributed by atoms with Crippen LogP contribution in [0.5, 0.6) is 0 Å². The normalized spacial score (nSPS) is 10.8. The number of H-pyrrole nitrogens is 1. The van der Waals surface area contributed by atoms with Gasteiger partial charge in [0.15, 0.2) is 0 Å². The Kier molecular flexibility index (Phi) is 4.70. The van der Waals surface area contributed by atoms with Gasteiger partial charge in [-0.3, -0.25) is 14.9 Å². The molecule has 0 fully saturated rings. The minimum atomic E-state index is -0.0662. The number of aromatic nitrogens is 3. The summed E-state index contributed by atoms with van der Waals surface area (Å²) in [4.78, 5) is 18.8. The molecule has 5 heteroatoms. The van der Waals surface area contributed by atoms with Crippen molar-refractivity contribution in [2.24, 2.45) is 0 Å². The quantitative estimate of drug-likeness (QED) is 0.782. The number of pyridine rings is 1. The fourth-order valence-electron chi connectivity index (χ4n) is 2.52. The molecule has 122 valence electrons. The summed E-state index contributed by atoms with van der Waals surface area (Å²) >= 11 is 0. The topological polar surface area (TPSA) is 61.9 Å². The third kappa shape index (κ3) is 3.51. The van der Waals surface area contributed by atoms with Crippen molar-refractivity contribution in [1.29, 1.82) is 0 Å². The van der Waals surface area contributed by atoms with E-state index >= 15 is 0 Å². The van der Waals surface area contributed by atoms with E-state index in [1.807, 2.05) is 56.3 Å². The van der Waals surface area contributed by atoms with Crippen LogP contribution in [0, 0.1) is 0 Å². The molecule has 3 rings (SSSR count). The molecule has 0 aliphatic heterocycles. The molecular formula is C19H20N4O. The van der Waals surface area contributed by atoms with Gasteiger partial charge in [0.25, 0.3) is 5.91 Å². The summed E-state index contributed by atoms with van der Waals surface area (Å²) < 4.78 is 0. The molecule has 2 heterocycles. The Hall–Kier alpha value is -2.95. The van der Waals surface area contributed by atoms with E-state index in [2.05, 4.69) is 15.2 Å². The number of carbonyl (C=O) groups is 1. The Morgan fingerprint density at radius 3 is 2.62 bits per heavy atom. The summed E-state index contributed by atoms with van der Waals surface area (Å²) in [5, 5.41) is 7.14. The lowest BCUT2D eigenvalue weighted by atomic mass is 10.1. The number of amides is 1. The van der Waals surface area contributed by atoms with E-state index in [0.717, 1.165) is 16.8 Å². The van der Waals surface area contributed by atoms with E-state index in [0.29, 0.717) is 12.2 Å². The van der Waals surface area contributed by atoms with Gasteiger partial charge in [0.1, 0.15) is 5.69 Å². The molecule has 0 aliphatic carbocycles. The average Bonchev–Trinajstić information content (AvgIpc) is 3.11. The van der Waals surface area contributed by atoms with E-state index in [4.69, 9.17) is 0 Å². The van der Waals surface area contributed by atoms with Gasteiger partial charge >= 0.3 is 0 Å². The number of carbonyl (C=O) groups excluding carboxylic acids is 1. The number of rotatable bonds is 5. The van der Waals surface area contributed by atoms with Crippen LogP contribution < -0.4 is 0 Å². The lowest BCUT2D eigenvalue weighted by molar-refractivity contribution is 0.0684. The Morgan fingerprint density at radius 2 is 1.96 bits per heavy atom. The first-order chi connectivity index (χ1) is 11.6. The van der Waals surface area contributed by atoms with Crippen molar-refractivity contribution in [3.63, 3.8) is 0 Å². The Labute approximate surface area is 141 Å². The van der Waals surface area contributed by atoms with Crippen LogP contribution in [0.15, 0.2) is 60.9 Å². The lowest BCUT2D eigenvalue weighted by Gasteiger charge is -2.26. The molecule has 0 atom stereocenters. The summed E-state index contributed by atoms with van der Waals surface area (Å²) in [5.74, 6) is -0.0662. The highest BCUT2D eigenvalue weighted by Crippen LogP contribution is 2.19. The fraction of sp³-hybridized carbons (Fsp3) is 0.211. The zero-order valence-electron chi connectivity index (χ0n) is 13.8. The van der Waals surface area contributed by atoms with Crippen LogP contribution >= 0.6 is 0 Å². The van der Waals surface area contributed by atoms with Crippen LogP contribution in [0.1, 0.15) is 29.9 Å². The minimum absolute atomic E-state index is 0.0662. The molecule has 5 nitrogen and oxygen atoms in total. The largest absolute Gasteiger partial charge is 0.331 e. The second-order valence-electron chi connectivity index (χ2n) is 5.92. The Morgan fingerprint density at radius 1 is 1.17 bits per heavy atom. The summed E-state index contributed by atoms with van der Waals surface area (Å²) in [5.41, 5.74) is 3.24. The summed E-state index contributed by atoms with van der Waals surface area (Å²) in [7, 11) is 0. The number of benzene rings is 1. The molecule has 1 amide bonds. The van der Waals surface area contributed by atoms with Gasteiger partial charge in [0.05, 0.1) is 5.69 Å². The van der Waals surface area contributed by atoms with E-state index < -0.39 is 0 Å². The van der Waals surface area contributed by atoms with Crippen molar-refractivity contribution in [3.05, 3.63) is 72.2 Å². The maximum atomic E-state index is 12.9. The number of hydrogen-bond acceptors (Lipinski definition) is 3. The monoisotopic (exact) mass is 320 g/mol. The molecule has 0 unspecified atom stereocenters. The zero-order chi connectivity index (χ0) is 16.9. The average molecular weight is 320 g/mol. The fourth-order valence-corrected chi connectivity index (χ4v) is 2.52. The molecule has 0 saturated heterocycles. The predicted octanol–water partition coefficient (Wildman–Crippen LogP) is 3.52. The zero-order valence-corrected chi connectivity index (χ0v) is 13.8. The highest BCUT2D eigenvalue weighted by molar-refractivity contribution is 5.93. The highest BCUT2D eigenvalue weighted by atomic mass is 16.2. The molecule has 0 radical (unpaired) electrons. The summed E-state index contributed by atoms with van der Waals surface area (Å²) in [6, 6.07) is 15.5. The van der Waals surface area contributed by atoms with Crippen LogP contribution in [0.25, 0.3) is 11.3 Å². The number of nitrogens with one attached hydrogen (secondary N) is 1. The molecule has 1 aromatic carbocycles. The summed E-state index contributed by atoms with van der Waals surface area (Å²) in [6.45, 7) is 4.52. The van der Waals surface area contributed by atoms with Crippen molar-refractivity contribution in [3.8, 4) is 11.3 Å². The van der Waals surface area contributed by atoms with E-state index in [1.165, 1.54) is 0 Å². The molecule has 2 aromatic heterocycles. The number of aromatic amines is 1. The molecule has 3 aromatic rings. The predicted molar refractivity (Wildman–Crippen MR) is 93.3 cm³/mol. The van der Waals surface area contributed by atoms with Crippen LogP contribution in [-0.4, -0.2) is 32.0 Å². The SMILES string of the molecule is CC(C)N(Cc1cccnc1)C(=O)c1cc(-c2ccccc2)n[nH]1. The maximum Gasteiger partial charge on any atom is 0.272 e. The highest BCUT2D eigenvalue weighted by Gasteiger charge is 2.21. The van der Waals surface area contributed by atoms with Crippen LogP contribution in [0.2, 0.25) is 0 Å². The van der Waals surface area contributed by atoms with Crippen LogP contribution in [0.4, 0.5) is 0 Å². The number of nitrogens with zero attached hydrogens (tertiary/aromatic N) is 3. The van der Waals surface area contributed by atoms with Crippen molar-refractivity contribution in [1.82, 2.24) is 20.1 Å². The van der Waals surface area contributed by atoms with Gasteiger partial charge in [-0.15, -0.1) is 0 Å². The van der Waals surface area contributed by atoms with E-state index in [9.17, 15) is 4.79 Å². The van der Waals surface area contributed by atoms with Crippen LogP contribution in [-0.2, 0) is 6.54 Å². The van der Waals surface area contributed by atoms with Gasteiger partial charge in [-0.05, 0) is 31.5 Å². The van der Waals surface area contributed by atoms with E-state index in [1.54, 1.807) is 23.4 Å². The molecular weight excluding hydrogens is 300 g/mol. The van der Waals surface area contributed by atoms with Crippen molar-refractivity contribution in [2.75, 3.05) is 0 Å². The van der Waals surface area contributed by atoms with Crippen molar-refractivity contribution in [2.45, 2.75) is 26.4 Å². The van der Waals surface area contributed by atoms with Gasteiger partial charge in [-0.1, -0.05) is 36.4 Å². The smallest absolute Gasteiger partial charge is 0.272 e. The van der Waals surface area contributed by atoms with Gasteiger partial charge in [0, 0.05) is 30.5 Å². The third-order valence-electron chi connectivity index (χ3n) is 3.84. The number of hydrogen-bond donors (Lipinski definition) is 1. The first-order valence-corrected chi connectivity index (χ1v) is 7.96. The minimum Gasteiger partial charge on any atom is -0.331 e. The van der Waals surface area contributed by atoms with Crippen molar-refractivity contribution < 1.29 is 4.79 Å². The third-order valence-corrected chi connectivity index (χ3v) is 3.84. The lowest BCUT2D eigenvalue weighted by Crippen LogP contribution is -2.36. The maximum absolute atomic E-state index is 12.9. The molecule has 0 aliphatic rings. The van der Waals surface area contributed by atoms with Crippen LogP contribution in [0.3, 0.4) is 0 Å². The van der Waals surface area contributed by atoms with Gasteiger partial charge in [-0.2, -0.15) is 5.10 Å². The molecule has 24 heavy (non-hydrogen) atoms. The Bertz CT molecular complexity index is 797. The van der Waals surface area contributed by atoms with Gasteiger partial charge in [-0.25, -0.2) is 0 Å². The molecule has 0 saturated carbocycles. The first kappa shape index (κ1) is 15.9. The van der Waals surface area contributed by atoms with Crippen molar-refractivity contribution >= 4 is 5.91 Å².